The van der Waals surface area contributed by atoms with Crippen LogP contribution in [0.1, 0.15) is 33.0 Å². The topological polar surface area (TPSA) is 49.9 Å². The number of benzene rings is 1. The first-order chi connectivity index (χ1) is 10.2. The minimum atomic E-state index is 0.543. The first-order valence-electron chi connectivity index (χ1n) is 7.69. The normalized spacial score (nSPS) is 11.0. The third-order valence-corrected chi connectivity index (χ3v) is 3.25. The molecule has 0 radical (unpaired) electrons. The lowest BCUT2D eigenvalue weighted by molar-refractivity contribution is 0.340. The van der Waals surface area contributed by atoms with Crippen LogP contribution in [-0.2, 0) is 6.42 Å². The first-order valence-corrected chi connectivity index (χ1v) is 7.69. The number of aryl methyl sites for hydroxylation is 1. The molecule has 0 aliphatic carbocycles. The van der Waals surface area contributed by atoms with Gasteiger partial charge in [-0.25, -0.2) is 4.98 Å². The molecule has 4 nitrogen and oxygen atoms in total. The molecule has 21 heavy (non-hydrogen) atoms. The summed E-state index contributed by atoms with van der Waals surface area (Å²) in [6.07, 6.45) is 3.96. The Labute approximate surface area is 127 Å². The van der Waals surface area contributed by atoms with Gasteiger partial charge >= 0.3 is 0 Å². The van der Waals surface area contributed by atoms with E-state index in [9.17, 15) is 0 Å². The number of hydrogen-bond acceptors (Lipinski definition) is 3. The molecule has 0 fully saturated rings. The van der Waals surface area contributed by atoms with E-state index in [0.29, 0.717) is 12.6 Å². The summed E-state index contributed by atoms with van der Waals surface area (Å²) in [6.45, 7) is 8.03. The van der Waals surface area contributed by atoms with Crippen LogP contribution in [0.25, 0.3) is 11.3 Å². The summed E-state index contributed by atoms with van der Waals surface area (Å²) < 4.78 is 5.45. The molecule has 0 aliphatic heterocycles. The Hall–Kier alpha value is -1.81. The SMILES string of the molecule is CCOc1ccc(-c2cnc(CCCNC(C)C)[nH]2)cc1. The molecule has 0 atom stereocenters. The molecule has 0 saturated carbocycles. The number of nitrogens with one attached hydrogen (secondary N) is 2. The van der Waals surface area contributed by atoms with Crippen LogP contribution in [0.15, 0.2) is 30.5 Å². The average molecular weight is 287 g/mol. The zero-order chi connectivity index (χ0) is 15.1. The lowest BCUT2D eigenvalue weighted by Gasteiger charge is -2.06. The van der Waals surface area contributed by atoms with Gasteiger partial charge in [0.2, 0.25) is 0 Å². The number of nitrogens with zero attached hydrogens (tertiary/aromatic N) is 1. The largest absolute Gasteiger partial charge is 0.494 e. The van der Waals surface area contributed by atoms with Crippen molar-refractivity contribution < 1.29 is 4.74 Å². The van der Waals surface area contributed by atoms with Crippen LogP contribution in [0, 0.1) is 0 Å². The van der Waals surface area contributed by atoms with E-state index in [-0.39, 0.29) is 0 Å². The molecule has 0 bridgehead atoms. The van der Waals surface area contributed by atoms with Crippen molar-refractivity contribution in [3.63, 3.8) is 0 Å². The summed E-state index contributed by atoms with van der Waals surface area (Å²) in [5.41, 5.74) is 2.20. The van der Waals surface area contributed by atoms with Crippen molar-refractivity contribution in [1.82, 2.24) is 15.3 Å². The Morgan fingerprint density at radius 3 is 2.67 bits per heavy atom. The second kappa shape index (κ2) is 7.84. The number of H-pyrrole nitrogens is 1. The van der Waals surface area contributed by atoms with Crippen molar-refractivity contribution in [2.75, 3.05) is 13.2 Å². The molecule has 0 saturated heterocycles. The van der Waals surface area contributed by atoms with Gasteiger partial charge in [0.1, 0.15) is 11.6 Å². The van der Waals surface area contributed by atoms with Crippen LogP contribution in [0.4, 0.5) is 0 Å². The van der Waals surface area contributed by atoms with Gasteiger partial charge in [-0.1, -0.05) is 13.8 Å². The Bertz CT molecular complexity index is 531. The molecular weight excluding hydrogens is 262 g/mol. The zero-order valence-electron chi connectivity index (χ0n) is 13.1. The van der Waals surface area contributed by atoms with Gasteiger partial charge in [-0.15, -0.1) is 0 Å². The van der Waals surface area contributed by atoms with Gasteiger partial charge in [0, 0.05) is 12.5 Å². The molecule has 1 aromatic carbocycles. The Morgan fingerprint density at radius 2 is 2.00 bits per heavy atom. The molecular formula is C17H25N3O. The Balaban J connectivity index is 1.89. The van der Waals surface area contributed by atoms with Crippen molar-refractivity contribution in [2.45, 2.75) is 39.7 Å². The standard InChI is InChI=1S/C17H25N3O/c1-4-21-15-9-7-14(8-10-15)16-12-19-17(20-16)6-5-11-18-13(2)3/h7-10,12-13,18H,4-6,11H2,1-3H3,(H,19,20). The maximum absolute atomic E-state index is 5.45. The summed E-state index contributed by atoms with van der Waals surface area (Å²) in [7, 11) is 0. The molecule has 1 aromatic heterocycles. The van der Waals surface area contributed by atoms with Crippen LogP contribution < -0.4 is 10.1 Å². The third-order valence-electron chi connectivity index (χ3n) is 3.25. The highest BCUT2D eigenvalue weighted by Crippen LogP contribution is 2.21. The van der Waals surface area contributed by atoms with Crippen LogP contribution in [-0.4, -0.2) is 29.2 Å². The molecule has 0 spiro atoms. The molecule has 1 heterocycles. The van der Waals surface area contributed by atoms with E-state index in [1.807, 2.05) is 25.3 Å². The minimum absolute atomic E-state index is 0.543. The summed E-state index contributed by atoms with van der Waals surface area (Å²) in [5.74, 6) is 1.95. The predicted octanol–water partition coefficient (Wildman–Crippen LogP) is 3.41. The van der Waals surface area contributed by atoms with Crippen LogP contribution in [0.3, 0.4) is 0 Å². The summed E-state index contributed by atoms with van der Waals surface area (Å²) in [4.78, 5) is 7.84. The van der Waals surface area contributed by atoms with Gasteiger partial charge in [0.25, 0.3) is 0 Å². The van der Waals surface area contributed by atoms with Crippen molar-refractivity contribution >= 4 is 0 Å². The summed E-state index contributed by atoms with van der Waals surface area (Å²) >= 11 is 0. The predicted molar refractivity (Wildman–Crippen MR) is 86.7 cm³/mol. The van der Waals surface area contributed by atoms with Gasteiger partial charge in [0.15, 0.2) is 0 Å². The maximum atomic E-state index is 5.45. The molecule has 0 amide bonds. The smallest absolute Gasteiger partial charge is 0.119 e. The summed E-state index contributed by atoms with van der Waals surface area (Å²) in [6, 6.07) is 8.64. The lowest BCUT2D eigenvalue weighted by atomic mass is 10.2. The fraction of sp³-hybridized carbons (Fsp3) is 0.471. The van der Waals surface area contributed by atoms with E-state index in [1.54, 1.807) is 0 Å². The van der Waals surface area contributed by atoms with Gasteiger partial charge in [-0.3, -0.25) is 0 Å². The summed E-state index contributed by atoms with van der Waals surface area (Å²) in [5, 5.41) is 3.42. The van der Waals surface area contributed by atoms with E-state index in [2.05, 4.69) is 41.3 Å². The first kappa shape index (κ1) is 15.6. The van der Waals surface area contributed by atoms with Gasteiger partial charge in [-0.2, -0.15) is 0 Å². The van der Waals surface area contributed by atoms with Crippen molar-refractivity contribution in [3.8, 4) is 17.0 Å². The molecule has 0 aliphatic rings. The van der Waals surface area contributed by atoms with E-state index in [0.717, 1.165) is 42.2 Å². The molecule has 0 unspecified atom stereocenters. The van der Waals surface area contributed by atoms with Crippen LogP contribution in [0.2, 0.25) is 0 Å². The van der Waals surface area contributed by atoms with E-state index >= 15 is 0 Å². The Morgan fingerprint density at radius 1 is 1.24 bits per heavy atom. The van der Waals surface area contributed by atoms with Crippen molar-refractivity contribution in [3.05, 3.63) is 36.3 Å². The third kappa shape index (κ3) is 4.90. The number of hydrogen-bond donors (Lipinski definition) is 2. The second-order valence-corrected chi connectivity index (χ2v) is 5.41. The number of ether oxygens (including phenoxy) is 1. The molecule has 2 N–H and O–H groups in total. The minimum Gasteiger partial charge on any atom is -0.494 e. The van der Waals surface area contributed by atoms with E-state index in [1.165, 1.54) is 0 Å². The highest BCUT2D eigenvalue weighted by molar-refractivity contribution is 5.59. The van der Waals surface area contributed by atoms with Gasteiger partial charge in [0.05, 0.1) is 18.5 Å². The zero-order valence-corrected chi connectivity index (χ0v) is 13.1. The molecule has 2 rings (SSSR count). The fourth-order valence-corrected chi connectivity index (χ4v) is 2.18. The number of imidazole rings is 1. The Kier molecular flexibility index (Phi) is 5.81. The highest BCUT2D eigenvalue weighted by atomic mass is 16.5. The number of aromatic nitrogens is 2. The van der Waals surface area contributed by atoms with Crippen LogP contribution >= 0.6 is 0 Å². The van der Waals surface area contributed by atoms with Crippen molar-refractivity contribution in [1.29, 1.82) is 0 Å². The van der Waals surface area contributed by atoms with Gasteiger partial charge < -0.3 is 15.0 Å². The average Bonchev–Trinajstić information content (AvgIpc) is 2.93. The molecule has 114 valence electrons. The van der Waals surface area contributed by atoms with Crippen molar-refractivity contribution in [2.24, 2.45) is 0 Å². The molecule has 2 aromatic rings. The van der Waals surface area contributed by atoms with E-state index in [4.69, 9.17) is 4.74 Å². The van der Waals surface area contributed by atoms with Crippen LogP contribution in [0.5, 0.6) is 5.75 Å². The number of rotatable bonds is 8. The lowest BCUT2D eigenvalue weighted by Crippen LogP contribution is -2.24. The second-order valence-electron chi connectivity index (χ2n) is 5.41. The van der Waals surface area contributed by atoms with E-state index < -0.39 is 0 Å². The highest BCUT2D eigenvalue weighted by Gasteiger charge is 2.04. The molecule has 4 heteroatoms. The quantitative estimate of drug-likeness (QED) is 0.732. The van der Waals surface area contributed by atoms with Gasteiger partial charge in [-0.05, 0) is 49.7 Å². The monoisotopic (exact) mass is 287 g/mol. The fourth-order valence-electron chi connectivity index (χ4n) is 2.18. The number of aromatic amines is 1. The maximum Gasteiger partial charge on any atom is 0.119 e.